The van der Waals surface area contributed by atoms with Crippen molar-refractivity contribution in [3.05, 3.63) is 35.4 Å². The van der Waals surface area contributed by atoms with Crippen LogP contribution in [0.4, 0.5) is 8.78 Å². The Morgan fingerprint density at radius 2 is 1.78 bits per heavy atom. The molecule has 0 bridgehead atoms. The van der Waals surface area contributed by atoms with Crippen LogP contribution in [-0.4, -0.2) is 6.04 Å². The highest BCUT2D eigenvalue weighted by Gasteiger charge is 2.23. The molecule has 1 aliphatic rings. The van der Waals surface area contributed by atoms with E-state index in [1.54, 1.807) is 0 Å². The molecule has 0 radical (unpaired) electrons. The molecule has 1 fully saturated rings. The second-order valence-corrected chi connectivity index (χ2v) is 5.73. The first kappa shape index (κ1) is 13.5. The molecule has 0 aliphatic heterocycles. The molecule has 1 nitrogen and oxygen atoms in total. The Labute approximate surface area is 108 Å². The van der Waals surface area contributed by atoms with E-state index in [2.05, 4.69) is 19.2 Å². The number of hydrogen-bond acceptors (Lipinski definition) is 1. The molecule has 0 aromatic heterocycles. The molecule has 2 unspecified atom stereocenters. The minimum Gasteiger partial charge on any atom is -0.310 e. The predicted octanol–water partition coefficient (Wildman–Crippen LogP) is 3.88. The molecule has 0 saturated heterocycles. The van der Waals surface area contributed by atoms with Crippen molar-refractivity contribution in [2.45, 2.75) is 45.7 Å². The normalized spacial score (nSPS) is 28.3. The van der Waals surface area contributed by atoms with E-state index < -0.39 is 11.6 Å². The summed E-state index contributed by atoms with van der Waals surface area (Å²) in [6, 6.07) is 4.23. The second-order valence-electron chi connectivity index (χ2n) is 5.73. The van der Waals surface area contributed by atoms with Gasteiger partial charge in [0.2, 0.25) is 0 Å². The minimum atomic E-state index is -0.517. The monoisotopic (exact) mass is 253 g/mol. The van der Waals surface area contributed by atoms with Crippen LogP contribution >= 0.6 is 0 Å². The third kappa shape index (κ3) is 3.52. The van der Waals surface area contributed by atoms with Crippen LogP contribution in [0.5, 0.6) is 0 Å². The first-order chi connectivity index (χ1) is 8.54. The SMILES string of the molecule is CC1CC(C)CC(NCc2ccc(F)cc2F)C1. The lowest BCUT2D eigenvalue weighted by molar-refractivity contribution is 0.237. The van der Waals surface area contributed by atoms with Crippen molar-refractivity contribution in [3.8, 4) is 0 Å². The summed E-state index contributed by atoms with van der Waals surface area (Å²) in [5.41, 5.74) is 0.544. The van der Waals surface area contributed by atoms with Gasteiger partial charge >= 0.3 is 0 Å². The first-order valence-electron chi connectivity index (χ1n) is 6.72. The molecule has 3 heteroatoms. The average molecular weight is 253 g/mol. The van der Waals surface area contributed by atoms with Crippen LogP contribution in [0.2, 0.25) is 0 Å². The van der Waals surface area contributed by atoms with E-state index in [9.17, 15) is 8.78 Å². The zero-order chi connectivity index (χ0) is 13.1. The molecule has 1 aromatic rings. The molecule has 0 heterocycles. The smallest absolute Gasteiger partial charge is 0.130 e. The molecule has 0 amide bonds. The quantitative estimate of drug-likeness (QED) is 0.862. The average Bonchev–Trinajstić information content (AvgIpc) is 2.26. The Morgan fingerprint density at radius 3 is 2.39 bits per heavy atom. The fraction of sp³-hybridized carbons (Fsp3) is 0.600. The van der Waals surface area contributed by atoms with E-state index in [0.29, 0.717) is 18.2 Å². The second kappa shape index (κ2) is 5.79. The highest BCUT2D eigenvalue weighted by Crippen LogP contribution is 2.28. The molecule has 0 spiro atoms. The molecular weight excluding hydrogens is 232 g/mol. The number of hydrogen-bond donors (Lipinski definition) is 1. The third-order valence-corrected chi connectivity index (χ3v) is 3.77. The summed E-state index contributed by atoms with van der Waals surface area (Å²) in [6.45, 7) is 5.02. The van der Waals surface area contributed by atoms with Crippen molar-refractivity contribution in [1.29, 1.82) is 0 Å². The van der Waals surface area contributed by atoms with E-state index in [-0.39, 0.29) is 0 Å². The topological polar surface area (TPSA) is 12.0 Å². The van der Waals surface area contributed by atoms with Crippen LogP contribution in [-0.2, 0) is 6.54 Å². The largest absolute Gasteiger partial charge is 0.310 e. The van der Waals surface area contributed by atoms with Crippen LogP contribution < -0.4 is 5.32 Å². The molecule has 2 rings (SSSR count). The zero-order valence-corrected chi connectivity index (χ0v) is 11.0. The van der Waals surface area contributed by atoms with Gasteiger partial charge in [0.1, 0.15) is 11.6 Å². The maximum absolute atomic E-state index is 13.5. The fourth-order valence-corrected chi connectivity index (χ4v) is 3.03. The fourth-order valence-electron chi connectivity index (χ4n) is 3.03. The summed E-state index contributed by atoms with van der Waals surface area (Å²) in [5.74, 6) is 0.476. The summed E-state index contributed by atoms with van der Waals surface area (Å²) in [4.78, 5) is 0. The van der Waals surface area contributed by atoms with Crippen molar-refractivity contribution in [3.63, 3.8) is 0 Å². The number of halogens is 2. The maximum atomic E-state index is 13.5. The minimum absolute atomic E-state index is 0.452. The van der Waals surface area contributed by atoms with Crippen LogP contribution in [0.25, 0.3) is 0 Å². The van der Waals surface area contributed by atoms with Crippen molar-refractivity contribution in [2.75, 3.05) is 0 Å². The Kier molecular flexibility index (Phi) is 4.33. The van der Waals surface area contributed by atoms with Gasteiger partial charge in [-0.15, -0.1) is 0 Å². The van der Waals surface area contributed by atoms with E-state index in [0.717, 1.165) is 30.7 Å². The first-order valence-corrected chi connectivity index (χ1v) is 6.72. The molecule has 1 N–H and O–H groups in total. The summed E-state index contributed by atoms with van der Waals surface area (Å²) in [7, 11) is 0. The molecule has 1 saturated carbocycles. The Hall–Kier alpha value is -0.960. The molecule has 18 heavy (non-hydrogen) atoms. The van der Waals surface area contributed by atoms with Gasteiger partial charge in [-0.1, -0.05) is 19.9 Å². The Morgan fingerprint density at radius 1 is 1.11 bits per heavy atom. The zero-order valence-electron chi connectivity index (χ0n) is 11.0. The maximum Gasteiger partial charge on any atom is 0.130 e. The lowest BCUT2D eigenvalue weighted by atomic mass is 9.80. The molecule has 100 valence electrons. The van der Waals surface area contributed by atoms with Crippen LogP contribution in [0.3, 0.4) is 0 Å². The van der Waals surface area contributed by atoms with Crippen LogP contribution in [0.15, 0.2) is 18.2 Å². The summed E-state index contributed by atoms with van der Waals surface area (Å²) in [6.07, 6.45) is 3.57. The number of benzene rings is 1. The Bertz CT molecular complexity index is 395. The molecule has 1 aromatic carbocycles. The standard InChI is InChI=1S/C15H21F2N/c1-10-5-11(2)7-14(6-10)18-9-12-3-4-13(16)8-15(12)17/h3-4,8,10-11,14,18H,5-7,9H2,1-2H3. The van der Waals surface area contributed by atoms with E-state index in [4.69, 9.17) is 0 Å². The van der Waals surface area contributed by atoms with Gasteiger partial charge in [-0.25, -0.2) is 8.78 Å². The van der Waals surface area contributed by atoms with E-state index in [1.165, 1.54) is 18.6 Å². The molecule has 1 aliphatic carbocycles. The van der Waals surface area contributed by atoms with Crippen LogP contribution in [0.1, 0.15) is 38.7 Å². The van der Waals surface area contributed by atoms with Crippen molar-refractivity contribution in [1.82, 2.24) is 5.32 Å². The highest BCUT2D eigenvalue weighted by atomic mass is 19.1. The lowest BCUT2D eigenvalue weighted by Gasteiger charge is -2.32. The van der Waals surface area contributed by atoms with Gasteiger partial charge in [-0.05, 0) is 37.2 Å². The predicted molar refractivity (Wildman–Crippen MR) is 69.2 cm³/mol. The highest BCUT2D eigenvalue weighted by molar-refractivity contribution is 5.18. The molecular formula is C15H21F2N. The van der Waals surface area contributed by atoms with Crippen molar-refractivity contribution < 1.29 is 8.78 Å². The van der Waals surface area contributed by atoms with Gasteiger partial charge in [0, 0.05) is 24.2 Å². The third-order valence-electron chi connectivity index (χ3n) is 3.77. The van der Waals surface area contributed by atoms with Crippen LogP contribution in [0, 0.1) is 23.5 Å². The van der Waals surface area contributed by atoms with Gasteiger partial charge in [0.05, 0.1) is 0 Å². The van der Waals surface area contributed by atoms with Crippen molar-refractivity contribution >= 4 is 0 Å². The summed E-state index contributed by atoms with van der Waals surface area (Å²) in [5, 5.41) is 3.40. The number of nitrogens with one attached hydrogen (secondary N) is 1. The number of rotatable bonds is 3. The van der Waals surface area contributed by atoms with Gasteiger partial charge < -0.3 is 5.32 Å². The summed E-state index contributed by atoms with van der Waals surface area (Å²) >= 11 is 0. The molecule has 2 atom stereocenters. The van der Waals surface area contributed by atoms with Gasteiger partial charge in [0.15, 0.2) is 0 Å². The Balaban J connectivity index is 1.91. The van der Waals surface area contributed by atoms with Crippen molar-refractivity contribution in [2.24, 2.45) is 11.8 Å². The van der Waals surface area contributed by atoms with E-state index in [1.807, 2.05) is 0 Å². The summed E-state index contributed by atoms with van der Waals surface area (Å²) < 4.78 is 26.3. The van der Waals surface area contributed by atoms with Gasteiger partial charge in [-0.3, -0.25) is 0 Å². The van der Waals surface area contributed by atoms with Gasteiger partial charge in [0.25, 0.3) is 0 Å². The lowest BCUT2D eigenvalue weighted by Crippen LogP contribution is -2.36. The van der Waals surface area contributed by atoms with Gasteiger partial charge in [-0.2, -0.15) is 0 Å². The van der Waals surface area contributed by atoms with E-state index >= 15 is 0 Å².